The zero-order valence-electron chi connectivity index (χ0n) is 17.4. The Labute approximate surface area is 163 Å². The van der Waals surface area contributed by atoms with Crippen LogP contribution < -0.4 is 0 Å². The Kier molecular flexibility index (Phi) is 5.52. The highest BCUT2D eigenvalue weighted by Gasteiger charge is 2.63. The summed E-state index contributed by atoms with van der Waals surface area (Å²) in [7, 11) is 0. The zero-order chi connectivity index (χ0) is 20.1. The van der Waals surface area contributed by atoms with E-state index in [4.69, 9.17) is 9.47 Å². The van der Waals surface area contributed by atoms with Crippen LogP contribution in [0.5, 0.6) is 0 Å². The van der Waals surface area contributed by atoms with Crippen LogP contribution >= 0.6 is 0 Å². The quantitative estimate of drug-likeness (QED) is 0.568. The molecule has 3 rings (SSSR count). The summed E-state index contributed by atoms with van der Waals surface area (Å²) in [6, 6.07) is 0. The summed E-state index contributed by atoms with van der Waals surface area (Å²) in [5.41, 5.74) is -0.916. The molecule has 1 saturated carbocycles. The molecule has 2 N–H and O–H groups in total. The number of aliphatic hydroxyl groups is 2. The predicted octanol–water partition coefficient (Wildman–Crippen LogP) is 3.23. The molecule has 5 nitrogen and oxygen atoms in total. The van der Waals surface area contributed by atoms with Crippen LogP contribution in [0.4, 0.5) is 0 Å². The largest absolute Gasteiger partial charge is 0.459 e. The molecule has 154 valence electrons. The molecule has 8 atom stereocenters. The number of carbonyl (C=O) groups excluding carboxylic acids is 1. The van der Waals surface area contributed by atoms with Crippen molar-refractivity contribution in [2.75, 3.05) is 0 Å². The van der Waals surface area contributed by atoms with E-state index >= 15 is 0 Å². The molecule has 5 heteroatoms. The molecule has 0 aromatic carbocycles. The van der Waals surface area contributed by atoms with Crippen molar-refractivity contribution in [3.05, 3.63) is 12.2 Å². The summed E-state index contributed by atoms with van der Waals surface area (Å²) in [4.78, 5) is 11.9. The lowest BCUT2D eigenvalue weighted by Gasteiger charge is -2.50. The van der Waals surface area contributed by atoms with Gasteiger partial charge < -0.3 is 19.7 Å². The molecular weight excluding hydrogens is 344 g/mol. The van der Waals surface area contributed by atoms with E-state index in [-0.39, 0.29) is 30.0 Å². The average Bonchev–Trinajstić information content (AvgIpc) is 2.93. The third kappa shape index (κ3) is 3.70. The van der Waals surface area contributed by atoms with Gasteiger partial charge >= 0.3 is 5.97 Å². The van der Waals surface area contributed by atoms with Crippen LogP contribution in [0.15, 0.2) is 12.2 Å². The summed E-state index contributed by atoms with van der Waals surface area (Å²) in [5.74, 6) is 0.681. The van der Waals surface area contributed by atoms with Crippen LogP contribution in [-0.4, -0.2) is 45.7 Å². The number of carbonyl (C=O) groups is 1. The molecule has 3 fully saturated rings. The second kappa shape index (κ2) is 7.16. The minimum Gasteiger partial charge on any atom is -0.459 e. The Morgan fingerprint density at radius 2 is 1.96 bits per heavy atom. The highest BCUT2D eigenvalue weighted by atomic mass is 16.6. The lowest BCUT2D eigenvalue weighted by Crippen LogP contribution is -2.55. The van der Waals surface area contributed by atoms with E-state index < -0.39 is 17.3 Å². The number of esters is 1. The monoisotopic (exact) mass is 380 g/mol. The van der Waals surface area contributed by atoms with Crippen LogP contribution in [0.1, 0.15) is 66.7 Å². The van der Waals surface area contributed by atoms with Crippen molar-refractivity contribution in [2.45, 2.75) is 96.2 Å². The lowest BCUT2D eigenvalue weighted by molar-refractivity contribution is -0.174. The molecule has 0 amide bonds. The van der Waals surface area contributed by atoms with Crippen molar-refractivity contribution < 1.29 is 24.5 Å². The molecular formula is C22H36O5. The van der Waals surface area contributed by atoms with Gasteiger partial charge in [0.05, 0.1) is 23.9 Å². The minimum absolute atomic E-state index is 0.0129. The smallest absolute Gasteiger partial charge is 0.303 e. The molecule has 3 aliphatic rings. The minimum atomic E-state index is -1.04. The summed E-state index contributed by atoms with van der Waals surface area (Å²) in [5, 5.41) is 21.7. The number of fused-ring (bicyclic) bond motifs is 5. The number of ether oxygens (including phenoxy) is 2. The number of hydrogen-bond acceptors (Lipinski definition) is 5. The van der Waals surface area contributed by atoms with Gasteiger partial charge in [-0.05, 0) is 63.4 Å². The maximum Gasteiger partial charge on any atom is 0.303 e. The van der Waals surface area contributed by atoms with E-state index in [1.54, 1.807) is 0 Å². The van der Waals surface area contributed by atoms with E-state index in [9.17, 15) is 15.0 Å². The summed E-state index contributed by atoms with van der Waals surface area (Å²) < 4.78 is 12.4. The molecule has 2 aliphatic heterocycles. The zero-order valence-corrected chi connectivity index (χ0v) is 17.4. The van der Waals surface area contributed by atoms with Crippen LogP contribution in [0, 0.1) is 23.7 Å². The fraction of sp³-hybridized carbons (Fsp3) is 0.864. The second-order valence-corrected chi connectivity index (χ2v) is 9.83. The highest BCUT2D eigenvalue weighted by Crippen LogP contribution is 2.57. The Bertz CT molecular complexity index is 598. The molecule has 0 aromatic rings. The van der Waals surface area contributed by atoms with Crippen LogP contribution in [0.2, 0.25) is 0 Å². The molecule has 0 radical (unpaired) electrons. The van der Waals surface area contributed by atoms with E-state index in [2.05, 4.69) is 20.4 Å². The third-order valence-corrected chi connectivity index (χ3v) is 7.36. The van der Waals surface area contributed by atoms with Gasteiger partial charge in [0.15, 0.2) is 0 Å². The predicted molar refractivity (Wildman–Crippen MR) is 103 cm³/mol. The van der Waals surface area contributed by atoms with Crippen molar-refractivity contribution in [2.24, 2.45) is 23.7 Å². The Hall–Kier alpha value is -0.910. The molecule has 27 heavy (non-hydrogen) atoms. The van der Waals surface area contributed by atoms with E-state index in [1.807, 2.05) is 13.8 Å². The van der Waals surface area contributed by atoms with Gasteiger partial charge in [0, 0.05) is 18.8 Å². The summed E-state index contributed by atoms with van der Waals surface area (Å²) in [6.45, 7) is 13.8. The van der Waals surface area contributed by atoms with Gasteiger partial charge in [-0.2, -0.15) is 0 Å². The van der Waals surface area contributed by atoms with Gasteiger partial charge in [0.25, 0.3) is 0 Å². The van der Waals surface area contributed by atoms with Gasteiger partial charge in [-0.3, -0.25) is 4.79 Å². The number of rotatable bonds is 2. The number of aliphatic hydroxyl groups excluding tert-OH is 1. The molecule has 2 heterocycles. The number of hydrogen-bond donors (Lipinski definition) is 2. The molecule has 2 saturated heterocycles. The molecule has 0 spiro atoms. The fourth-order valence-corrected chi connectivity index (χ4v) is 6.03. The van der Waals surface area contributed by atoms with Crippen molar-refractivity contribution >= 4 is 5.97 Å². The Morgan fingerprint density at radius 3 is 2.56 bits per heavy atom. The highest BCUT2D eigenvalue weighted by molar-refractivity contribution is 5.66. The Balaban J connectivity index is 2.07. The molecule has 2 bridgehead atoms. The van der Waals surface area contributed by atoms with Gasteiger partial charge in [-0.1, -0.05) is 20.4 Å². The van der Waals surface area contributed by atoms with Crippen LogP contribution in [-0.2, 0) is 14.3 Å². The topological polar surface area (TPSA) is 76.0 Å². The van der Waals surface area contributed by atoms with Gasteiger partial charge in [0.1, 0.15) is 5.60 Å². The van der Waals surface area contributed by atoms with E-state index in [1.165, 1.54) is 6.92 Å². The SMILES string of the molecule is C=C1C[C@@H]2O[C@@H]([C@@H]3[C@H]2[C@@](C)(OC(C)=O)CC[C@H]3C(C)C)[C@@](C)(O)CC[C@H]1O. The first-order chi connectivity index (χ1) is 12.5. The first-order valence-corrected chi connectivity index (χ1v) is 10.4. The van der Waals surface area contributed by atoms with Crippen LogP contribution in [0.25, 0.3) is 0 Å². The maximum absolute atomic E-state index is 11.9. The standard InChI is InChI=1S/C22H36O5/c1-12(2)15-7-10-22(6,27-14(4)23)19-17-11-13(3)16(24)8-9-21(5,25)20(26-17)18(15)19/h12,15-20,24-25H,3,7-11H2,1-2,4-6H3/t15-,16+,17-,18-,19-,20-,21-,22-/m0/s1. The van der Waals surface area contributed by atoms with E-state index in [0.717, 1.165) is 18.4 Å². The Morgan fingerprint density at radius 1 is 1.30 bits per heavy atom. The molecule has 0 aromatic heterocycles. The summed E-state index contributed by atoms with van der Waals surface area (Å²) in [6.07, 6.45) is 2.06. The summed E-state index contributed by atoms with van der Waals surface area (Å²) >= 11 is 0. The first kappa shape index (κ1) is 20.8. The van der Waals surface area contributed by atoms with E-state index in [0.29, 0.717) is 31.1 Å². The lowest BCUT2D eigenvalue weighted by atomic mass is 9.57. The van der Waals surface area contributed by atoms with Crippen molar-refractivity contribution in [3.63, 3.8) is 0 Å². The fourth-order valence-electron chi connectivity index (χ4n) is 6.03. The van der Waals surface area contributed by atoms with Crippen molar-refractivity contribution in [1.82, 2.24) is 0 Å². The average molecular weight is 381 g/mol. The maximum atomic E-state index is 11.9. The third-order valence-electron chi connectivity index (χ3n) is 7.36. The van der Waals surface area contributed by atoms with Crippen LogP contribution in [0.3, 0.4) is 0 Å². The van der Waals surface area contributed by atoms with Crippen molar-refractivity contribution in [1.29, 1.82) is 0 Å². The van der Waals surface area contributed by atoms with Gasteiger partial charge in [-0.25, -0.2) is 0 Å². The normalized spacial score (nSPS) is 47.8. The van der Waals surface area contributed by atoms with Crippen molar-refractivity contribution in [3.8, 4) is 0 Å². The first-order valence-electron chi connectivity index (χ1n) is 10.4. The van der Waals surface area contributed by atoms with Gasteiger partial charge in [0.2, 0.25) is 0 Å². The van der Waals surface area contributed by atoms with Gasteiger partial charge in [-0.15, -0.1) is 0 Å². The molecule has 1 aliphatic carbocycles. The molecule has 0 unspecified atom stereocenters. The second-order valence-electron chi connectivity index (χ2n) is 9.83.